The number of anilines is 1. The molecule has 0 aliphatic carbocycles. The average molecular weight is 351 g/mol. The zero-order chi connectivity index (χ0) is 15.4. The normalized spacial score (nSPS) is 10.1. The fourth-order valence-corrected chi connectivity index (χ4v) is 2.31. The molecule has 0 bridgehead atoms. The van der Waals surface area contributed by atoms with E-state index in [2.05, 4.69) is 21.2 Å². The molecule has 6 nitrogen and oxygen atoms in total. The highest BCUT2D eigenvalue weighted by Gasteiger charge is 2.23. The Kier molecular flexibility index (Phi) is 4.54. The number of hydrogen-bond donors (Lipinski definition) is 2. The molecular formula is C14H11BrN2O4. The lowest BCUT2D eigenvalue weighted by Crippen LogP contribution is -2.08. The Bertz CT molecular complexity index is 703. The molecule has 0 amide bonds. The van der Waals surface area contributed by atoms with E-state index in [4.69, 9.17) is 5.11 Å². The summed E-state index contributed by atoms with van der Waals surface area (Å²) in [6.45, 7) is 0.339. The number of nitro groups is 1. The number of nitrogens with one attached hydrogen (secondary N) is 1. The molecule has 21 heavy (non-hydrogen) atoms. The summed E-state index contributed by atoms with van der Waals surface area (Å²) in [6, 6.07) is 11.6. The van der Waals surface area contributed by atoms with Gasteiger partial charge < -0.3 is 10.4 Å². The van der Waals surface area contributed by atoms with E-state index in [9.17, 15) is 14.9 Å². The summed E-state index contributed by atoms with van der Waals surface area (Å²) in [5.74, 6) is -1.33. The summed E-state index contributed by atoms with van der Waals surface area (Å²) in [4.78, 5) is 21.5. The number of nitrogens with zero attached hydrogens (tertiary/aromatic N) is 1. The van der Waals surface area contributed by atoms with Crippen LogP contribution >= 0.6 is 15.9 Å². The van der Waals surface area contributed by atoms with Crippen LogP contribution < -0.4 is 5.32 Å². The Morgan fingerprint density at radius 1 is 1.24 bits per heavy atom. The van der Waals surface area contributed by atoms with Gasteiger partial charge in [0.25, 0.3) is 0 Å². The van der Waals surface area contributed by atoms with E-state index in [0.717, 1.165) is 10.0 Å². The number of aromatic carboxylic acids is 1. The van der Waals surface area contributed by atoms with E-state index in [1.54, 1.807) is 0 Å². The Hall–Kier alpha value is -2.41. The van der Waals surface area contributed by atoms with Crippen LogP contribution in [0.15, 0.2) is 46.9 Å². The van der Waals surface area contributed by atoms with Crippen molar-refractivity contribution in [3.05, 3.63) is 68.2 Å². The third-order valence-electron chi connectivity index (χ3n) is 2.88. The fraction of sp³-hybridized carbons (Fsp3) is 0.0714. The number of halogens is 1. The second kappa shape index (κ2) is 6.36. The van der Waals surface area contributed by atoms with Gasteiger partial charge in [0.1, 0.15) is 11.3 Å². The maximum atomic E-state index is 11.1. The fourth-order valence-electron chi connectivity index (χ4n) is 1.89. The maximum absolute atomic E-state index is 11.1. The van der Waals surface area contributed by atoms with Gasteiger partial charge in [0.15, 0.2) is 0 Å². The lowest BCUT2D eigenvalue weighted by Gasteiger charge is -2.09. The molecule has 0 fully saturated rings. The highest BCUT2D eigenvalue weighted by Crippen LogP contribution is 2.29. The first kappa shape index (κ1) is 15.0. The van der Waals surface area contributed by atoms with Crippen molar-refractivity contribution in [3.8, 4) is 0 Å². The Morgan fingerprint density at radius 2 is 1.95 bits per heavy atom. The van der Waals surface area contributed by atoms with Gasteiger partial charge in [0, 0.05) is 11.0 Å². The van der Waals surface area contributed by atoms with Crippen molar-refractivity contribution in [2.45, 2.75) is 6.54 Å². The van der Waals surface area contributed by atoms with E-state index in [1.807, 2.05) is 24.3 Å². The predicted octanol–water partition coefficient (Wildman–Crippen LogP) is 3.67. The predicted molar refractivity (Wildman–Crippen MR) is 81.5 cm³/mol. The molecule has 0 saturated heterocycles. The van der Waals surface area contributed by atoms with Crippen LogP contribution in [0.5, 0.6) is 0 Å². The number of nitro benzene ring substituents is 1. The molecule has 0 aliphatic heterocycles. The third-order valence-corrected chi connectivity index (χ3v) is 3.65. The van der Waals surface area contributed by atoms with Crippen LogP contribution in [0.3, 0.4) is 0 Å². The van der Waals surface area contributed by atoms with Gasteiger partial charge in [-0.3, -0.25) is 10.1 Å². The summed E-state index contributed by atoms with van der Waals surface area (Å²) >= 11 is 3.39. The van der Waals surface area contributed by atoms with E-state index in [-0.39, 0.29) is 11.3 Å². The molecule has 0 heterocycles. The third kappa shape index (κ3) is 3.38. The summed E-state index contributed by atoms with van der Waals surface area (Å²) in [5, 5.41) is 23.1. The van der Waals surface area contributed by atoms with Gasteiger partial charge in [-0.2, -0.15) is 0 Å². The quantitative estimate of drug-likeness (QED) is 0.633. The maximum Gasteiger partial charge on any atom is 0.342 e. The number of benzene rings is 2. The molecule has 0 saturated carbocycles. The van der Waals surface area contributed by atoms with Crippen LogP contribution in [-0.2, 0) is 6.54 Å². The minimum Gasteiger partial charge on any atom is -0.477 e. The second-order valence-corrected chi connectivity index (χ2v) is 5.06. The minimum atomic E-state index is -1.33. The number of hydrogen-bond acceptors (Lipinski definition) is 4. The Balaban J connectivity index is 2.32. The lowest BCUT2D eigenvalue weighted by atomic mass is 10.1. The average Bonchev–Trinajstić information content (AvgIpc) is 2.45. The van der Waals surface area contributed by atoms with E-state index >= 15 is 0 Å². The van der Waals surface area contributed by atoms with Crippen LogP contribution in [0, 0.1) is 10.1 Å². The van der Waals surface area contributed by atoms with Gasteiger partial charge >= 0.3 is 11.7 Å². The molecule has 0 aromatic heterocycles. The number of para-hydroxylation sites is 1. The zero-order valence-electron chi connectivity index (χ0n) is 10.7. The Labute approximate surface area is 128 Å². The molecule has 0 radical (unpaired) electrons. The first-order chi connectivity index (χ1) is 10.0. The summed E-state index contributed by atoms with van der Waals surface area (Å²) < 4.78 is 0.870. The minimum absolute atomic E-state index is 0.177. The van der Waals surface area contributed by atoms with Crippen LogP contribution in [0.1, 0.15) is 15.9 Å². The highest BCUT2D eigenvalue weighted by atomic mass is 79.9. The van der Waals surface area contributed by atoms with Crippen molar-refractivity contribution in [1.29, 1.82) is 0 Å². The molecule has 0 atom stereocenters. The van der Waals surface area contributed by atoms with Gasteiger partial charge in [-0.1, -0.05) is 40.2 Å². The number of carboxylic acid groups (broad SMARTS) is 1. The summed E-state index contributed by atoms with van der Waals surface area (Å²) in [7, 11) is 0. The van der Waals surface area contributed by atoms with Gasteiger partial charge in [0.05, 0.1) is 4.92 Å². The second-order valence-electron chi connectivity index (χ2n) is 4.21. The Morgan fingerprint density at radius 3 is 2.57 bits per heavy atom. The standard InChI is InChI=1S/C14H11BrN2O4/c15-11-6-2-1-4-9(11)8-16-12-7-3-5-10(14(18)19)13(12)17(20)21/h1-7,16H,8H2,(H,18,19). The van der Waals surface area contributed by atoms with Crippen molar-refractivity contribution in [1.82, 2.24) is 0 Å². The van der Waals surface area contributed by atoms with Crippen molar-refractivity contribution in [2.75, 3.05) is 5.32 Å². The monoisotopic (exact) mass is 350 g/mol. The molecule has 0 aliphatic rings. The van der Waals surface area contributed by atoms with Crippen LogP contribution in [-0.4, -0.2) is 16.0 Å². The van der Waals surface area contributed by atoms with E-state index in [0.29, 0.717) is 6.54 Å². The topological polar surface area (TPSA) is 92.5 Å². The van der Waals surface area contributed by atoms with E-state index in [1.165, 1.54) is 18.2 Å². The first-order valence-electron chi connectivity index (χ1n) is 5.98. The van der Waals surface area contributed by atoms with Crippen molar-refractivity contribution >= 4 is 33.3 Å². The molecular weight excluding hydrogens is 340 g/mol. The summed E-state index contributed by atoms with van der Waals surface area (Å²) in [5.41, 5.74) is 0.317. The van der Waals surface area contributed by atoms with Gasteiger partial charge in [-0.05, 0) is 23.8 Å². The SMILES string of the molecule is O=C(O)c1cccc(NCc2ccccc2Br)c1[N+](=O)[O-]. The lowest BCUT2D eigenvalue weighted by molar-refractivity contribution is -0.384. The van der Waals surface area contributed by atoms with Crippen molar-refractivity contribution < 1.29 is 14.8 Å². The molecule has 108 valence electrons. The highest BCUT2D eigenvalue weighted by molar-refractivity contribution is 9.10. The first-order valence-corrected chi connectivity index (χ1v) is 6.78. The molecule has 2 N–H and O–H groups in total. The van der Waals surface area contributed by atoms with Gasteiger partial charge in [-0.15, -0.1) is 0 Å². The van der Waals surface area contributed by atoms with Crippen LogP contribution in [0.25, 0.3) is 0 Å². The van der Waals surface area contributed by atoms with Crippen LogP contribution in [0.2, 0.25) is 0 Å². The van der Waals surface area contributed by atoms with Crippen molar-refractivity contribution in [3.63, 3.8) is 0 Å². The molecule has 0 unspecified atom stereocenters. The number of rotatable bonds is 5. The number of carboxylic acids is 1. The van der Waals surface area contributed by atoms with Gasteiger partial charge in [0.2, 0.25) is 0 Å². The van der Waals surface area contributed by atoms with Gasteiger partial charge in [-0.25, -0.2) is 4.79 Å². The molecule has 7 heteroatoms. The number of carbonyl (C=O) groups is 1. The van der Waals surface area contributed by atoms with Crippen LogP contribution in [0.4, 0.5) is 11.4 Å². The molecule has 0 spiro atoms. The van der Waals surface area contributed by atoms with E-state index < -0.39 is 16.6 Å². The zero-order valence-corrected chi connectivity index (χ0v) is 12.3. The summed E-state index contributed by atoms with van der Waals surface area (Å²) in [6.07, 6.45) is 0. The van der Waals surface area contributed by atoms with Crippen molar-refractivity contribution in [2.24, 2.45) is 0 Å². The molecule has 2 aromatic carbocycles. The smallest absolute Gasteiger partial charge is 0.342 e. The molecule has 2 rings (SSSR count). The molecule has 2 aromatic rings. The largest absolute Gasteiger partial charge is 0.477 e.